The summed E-state index contributed by atoms with van der Waals surface area (Å²) in [5, 5.41) is 2.69. The molecule has 27 heavy (non-hydrogen) atoms. The van der Waals surface area contributed by atoms with E-state index in [4.69, 9.17) is 0 Å². The number of sulfonamides is 2. The Morgan fingerprint density at radius 1 is 1.11 bits per heavy atom. The van der Waals surface area contributed by atoms with Crippen molar-refractivity contribution in [3.05, 3.63) is 23.8 Å². The summed E-state index contributed by atoms with van der Waals surface area (Å²) >= 11 is 1.52. The normalized spacial score (nSPS) is 13.2. The van der Waals surface area contributed by atoms with Gasteiger partial charge in [0.1, 0.15) is 6.04 Å². The zero-order valence-corrected chi connectivity index (χ0v) is 18.4. The van der Waals surface area contributed by atoms with Gasteiger partial charge in [0.05, 0.1) is 17.2 Å². The van der Waals surface area contributed by atoms with E-state index in [-0.39, 0.29) is 11.5 Å². The zero-order valence-electron chi connectivity index (χ0n) is 15.9. The van der Waals surface area contributed by atoms with Crippen molar-refractivity contribution in [1.82, 2.24) is 4.72 Å². The molecule has 0 aliphatic carbocycles. The number of amides is 1. The maximum Gasteiger partial charge on any atom is 0.242 e. The van der Waals surface area contributed by atoms with Gasteiger partial charge in [-0.1, -0.05) is 0 Å². The molecule has 0 saturated carbocycles. The van der Waals surface area contributed by atoms with Crippen molar-refractivity contribution in [3.8, 4) is 0 Å². The first-order valence-electron chi connectivity index (χ1n) is 8.44. The third kappa shape index (κ3) is 8.08. The van der Waals surface area contributed by atoms with Crippen LogP contribution in [-0.4, -0.2) is 52.3 Å². The molecule has 0 aromatic heterocycles. The SMILES string of the molecule is CCS(=O)(=O)Nc1ccc(NC(=O)C(CCSC)NS(=O)(=O)CC)cc1C. The Labute approximate surface area is 166 Å². The summed E-state index contributed by atoms with van der Waals surface area (Å²) < 4.78 is 51.9. The molecule has 1 atom stereocenters. The van der Waals surface area contributed by atoms with Gasteiger partial charge >= 0.3 is 0 Å². The lowest BCUT2D eigenvalue weighted by molar-refractivity contribution is -0.117. The van der Waals surface area contributed by atoms with Gasteiger partial charge in [0, 0.05) is 5.69 Å². The lowest BCUT2D eigenvalue weighted by atomic mass is 10.1. The molecule has 0 bridgehead atoms. The predicted octanol–water partition coefficient (Wildman–Crippen LogP) is 1.76. The number of aryl methyl sites for hydroxylation is 1. The molecule has 11 heteroatoms. The molecule has 0 fully saturated rings. The molecule has 154 valence electrons. The van der Waals surface area contributed by atoms with Crippen LogP contribution < -0.4 is 14.8 Å². The molecular weight excluding hydrogens is 410 g/mol. The second kappa shape index (κ2) is 10.3. The minimum atomic E-state index is -3.52. The lowest BCUT2D eigenvalue weighted by Crippen LogP contribution is -2.44. The lowest BCUT2D eigenvalue weighted by Gasteiger charge is -2.18. The third-order valence-electron chi connectivity index (χ3n) is 3.77. The highest BCUT2D eigenvalue weighted by molar-refractivity contribution is 7.98. The van der Waals surface area contributed by atoms with Gasteiger partial charge in [-0.15, -0.1) is 0 Å². The fourth-order valence-corrected chi connectivity index (χ4v) is 4.11. The van der Waals surface area contributed by atoms with Crippen LogP contribution in [0.2, 0.25) is 0 Å². The molecule has 0 radical (unpaired) electrons. The Morgan fingerprint density at radius 2 is 1.74 bits per heavy atom. The van der Waals surface area contributed by atoms with Crippen molar-refractivity contribution in [2.45, 2.75) is 33.2 Å². The first-order chi connectivity index (χ1) is 12.5. The summed E-state index contributed by atoms with van der Waals surface area (Å²) in [6, 6.07) is 3.88. The van der Waals surface area contributed by atoms with Gasteiger partial charge in [-0.05, 0) is 63.0 Å². The summed E-state index contributed by atoms with van der Waals surface area (Å²) in [5.41, 5.74) is 1.53. The quantitative estimate of drug-likeness (QED) is 0.485. The Balaban J connectivity index is 2.93. The number of carbonyl (C=O) groups excluding carboxylic acids is 1. The molecule has 1 aromatic rings. The maximum absolute atomic E-state index is 12.5. The van der Waals surface area contributed by atoms with Crippen LogP contribution in [0.3, 0.4) is 0 Å². The molecule has 0 aliphatic rings. The van der Waals surface area contributed by atoms with Crippen LogP contribution in [-0.2, 0) is 24.8 Å². The highest BCUT2D eigenvalue weighted by atomic mass is 32.2. The van der Waals surface area contributed by atoms with Crippen molar-refractivity contribution in [1.29, 1.82) is 0 Å². The summed E-state index contributed by atoms with van der Waals surface area (Å²) in [4.78, 5) is 12.5. The molecule has 1 amide bonds. The van der Waals surface area contributed by atoms with Gasteiger partial charge < -0.3 is 5.32 Å². The summed E-state index contributed by atoms with van der Waals surface area (Å²) in [6.07, 6.45) is 2.24. The van der Waals surface area contributed by atoms with Crippen LogP contribution in [0.1, 0.15) is 25.8 Å². The Morgan fingerprint density at radius 3 is 2.26 bits per heavy atom. The number of anilines is 2. The number of hydrogen-bond donors (Lipinski definition) is 3. The van der Waals surface area contributed by atoms with Gasteiger partial charge in [-0.25, -0.2) is 21.6 Å². The molecule has 3 N–H and O–H groups in total. The summed E-state index contributed by atoms with van der Waals surface area (Å²) in [6.45, 7) is 4.76. The standard InChI is InChI=1S/C16H27N3O5S3/c1-5-26(21,22)18-14-8-7-13(11-12(14)3)17-16(20)15(9-10-25-4)19-27(23,24)6-2/h7-8,11,15,18-19H,5-6,9-10H2,1-4H3,(H,17,20). The number of hydrogen-bond acceptors (Lipinski definition) is 6. The Hall–Kier alpha value is -1.30. The van der Waals surface area contributed by atoms with Crippen LogP contribution in [0.5, 0.6) is 0 Å². The fourth-order valence-electron chi connectivity index (χ4n) is 2.10. The van der Waals surface area contributed by atoms with Crippen LogP contribution >= 0.6 is 11.8 Å². The monoisotopic (exact) mass is 437 g/mol. The number of benzene rings is 1. The highest BCUT2D eigenvalue weighted by Crippen LogP contribution is 2.21. The smallest absolute Gasteiger partial charge is 0.242 e. The van der Waals surface area contributed by atoms with Crippen molar-refractivity contribution >= 4 is 49.1 Å². The van der Waals surface area contributed by atoms with Gasteiger partial charge in [0.15, 0.2) is 0 Å². The molecular formula is C16H27N3O5S3. The fraction of sp³-hybridized carbons (Fsp3) is 0.562. The minimum absolute atomic E-state index is 0.0420. The molecule has 1 aromatic carbocycles. The largest absolute Gasteiger partial charge is 0.325 e. The second-order valence-corrected chi connectivity index (χ2v) is 10.9. The van der Waals surface area contributed by atoms with E-state index in [1.54, 1.807) is 32.0 Å². The Bertz CT molecular complexity index is 854. The molecule has 0 aliphatic heterocycles. The average Bonchev–Trinajstić information content (AvgIpc) is 2.60. The van der Waals surface area contributed by atoms with Crippen LogP contribution in [0.4, 0.5) is 11.4 Å². The van der Waals surface area contributed by atoms with Crippen molar-refractivity contribution < 1.29 is 21.6 Å². The van der Waals surface area contributed by atoms with Gasteiger partial charge in [-0.2, -0.15) is 11.8 Å². The molecule has 0 saturated heterocycles. The third-order valence-corrected chi connectivity index (χ3v) is 7.11. The summed E-state index contributed by atoms with van der Waals surface area (Å²) in [5.74, 6) is 0.0182. The van der Waals surface area contributed by atoms with E-state index in [0.29, 0.717) is 29.1 Å². The molecule has 0 heterocycles. The van der Waals surface area contributed by atoms with E-state index in [2.05, 4.69) is 14.8 Å². The van der Waals surface area contributed by atoms with Crippen LogP contribution in [0, 0.1) is 6.92 Å². The zero-order chi connectivity index (χ0) is 20.7. The second-order valence-electron chi connectivity index (χ2n) is 5.88. The van der Waals surface area contributed by atoms with Gasteiger partial charge in [-0.3, -0.25) is 9.52 Å². The van der Waals surface area contributed by atoms with E-state index >= 15 is 0 Å². The van der Waals surface area contributed by atoms with Crippen molar-refractivity contribution in [3.63, 3.8) is 0 Å². The number of nitrogens with one attached hydrogen (secondary N) is 3. The highest BCUT2D eigenvalue weighted by Gasteiger charge is 2.23. The molecule has 8 nitrogen and oxygen atoms in total. The van der Waals surface area contributed by atoms with Crippen molar-refractivity contribution in [2.75, 3.05) is 33.6 Å². The number of thioether (sulfide) groups is 1. The van der Waals surface area contributed by atoms with Crippen LogP contribution in [0.25, 0.3) is 0 Å². The first-order valence-corrected chi connectivity index (χ1v) is 13.1. The molecule has 0 spiro atoms. The topological polar surface area (TPSA) is 121 Å². The predicted molar refractivity (Wildman–Crippen MR) is 112 cm³/mol. The minimum Gasteiger partial charge on any atom is -0.325 e. The van der Waals surface area contributed by atoms with E-state index in [0.717, 1.165) is 0 Å². The van der Waals surface area contributed by atoms with E-state index in [1.165, 1.54) is 18.7 Å². The Kier molecular flexibility index (Phi) is 9.06. The molecule has 1 rings (SSSR count). The first kappa shape index (κ1) is 23.7. The van der Waals surface area contributed by atoms with Crippen LogP contribution in [0.15, 0.2) is 18.2 Å². The number of rotatable bonds is 11. The van der Waals surface area contributed by atoms with Gasteiger partial charge in [0.2, 0.25) is 26.0 Å². The molecule has 1 unspecified atom stereocenters. The average molecular weight is 438 g/mol. The van der Waals surface area contributed by atoms with E-state index < -0.39 is 32.0 Å². The maximum atomic E-state index is 12.5. The van der Waals surface area contributed by atoms with Crippen molar-refractivity contribution in [2.24, 2.45) is 0 Å². The van der Waals surface area contributed by atoms with E-state index in [9.17, 15) is 21.6 Å². The van der Waals surface area contributed by atoms with E-state index in [1.807, 2.05) is 6.26 Å². The summed E-state index contributed by atoms with van der Waals surface area (Å²) in [7, 11) is -6.92. The number of carbonyl (C=O) groups is 1. The van der Waals surface area contributed by atoms with Gasteiger partial charge in [0.25, 0.3) is 0 Å².